The monoisotopic (exact) mass is 463 g/mol. The Kier molecular flexibility index (Phi) is 7.30. The molecule has 1 fully saturated rings. The van der Waals surface area contributed by atoms with Crippen LogP contribution in [0.3, 0.4) is 0 Å². The van der Waals surface area contributed by atoms with Crippen LogP contribution in [0.1, 0.15) is 0 Å². The van der Waals surface area contributed by atoms with Crippen LogP contribution in [-0.4, -0.2) is 60.2 Å². The van der Waals surface area contributed by atoms with Gasteiger partial charge >= 0.3 is 0 Å². The fourth-order valence-electron chi connectivity index (χ4n) is 2.93. The number of hydrogen-bond acceptors (Lipinski definition) is 6. The zero-order valence-electron chi connectivity index (χ0n) is 15.3. The minimum Gasteiger partial charge on any atom is -0.369 e. The van der Waals surface area contributed by atoms with Crippen molar-refractivity contribution in [1.29, 1.82) is 0 Å². The van der Waals surface area contributed by atoms with Crippen molar-refractivity contribution in [2.75, 3.05) is 48.7 Å². The summed E-state index contributed by atoms with van der Waals surface area (Å²) in [5.74, 6) is 0.679. The van der Waals surface area contributed by atoms with E-state index in [4.69, 9.17) is 5.73 Å². The van der Waals surface area contributed by atoms with Crippen molar-refractivity contribution in [1.82, 2.24) is 9.88 Å². The maximum Gasteiger partial charge on any atom is 0.238 e. The molecule has 2 aromatic rings. The number of rotatable bonds is 7. The quantitative estimate of drug-likeness (QED) is 0.611. The first-order valence-electron chi connectivity index (χ1n) is 8.90. The van der Waals surface area contributed by atoms with Gasteiger partial charge in [0.05, 0.1) is 18.0 Å². The standard InChI is InChI=1S/C19H22BrN5O2S/c20-14-5-6-18(22-11-14)25-9-7-24(8-10-25)12-19(27)23-15-3-1-2-4-16(15)28-13-17(21)26/h1-6,11H,7-10,12-13H2,(H2,21,26)(H,23,27). The van der Waals surface area contributed by atoms with Gasteiger partial charge in [0.1, 0.15) is 5.82 Å². The summed E-state index contributed by atoms with van der Waals surface area (Å²) < 4.78 is 0.959. The number of para-hydroxylation sites is 1. The molecule has 28 heavy (non-hydrogen) atoms. The summed E-state index contributed by atoms with van der Waals surface area (Å²) in [6.07, 6.45) is 1.79. The van der Waals surface area contributed by atoms with E-state index in [2.05, 4.69) is 36.0 Å². The zero-order valence-corrected chi connectivity index (χ0v) is 17.7. The van der Waals surface area contributed by atoms with Crippen LogP contribution in [0.5, 0.6) is 0 Å². The van der Waals surface area contributed by atoms with Gasteiger partial charge in [-0.1, -0.05) is 12.1 Å². The lowest BCUT2D eigenvalue weighted by Gasteiger charge is -2.35. The Morgan fingerprint density at radius 1 is 1.14 bits per heavy atom. The number of carbonyl (C=O) groups excluding carboxylic acids is 2. The molecule has 1 aliphatic rings. The summed E-state index contributed by atoms with van der Waals surface area (Å²) in [4.78, 5) is 33.1. The van der Waals surface area contributed by atoms with Crippen molar-refractivity contribution in [2.45, 2.75) is 4.90 Å². The van der Waals surface area contributed by atoms with E-state index in [1.165, 1.54) is 11.8 Å². The van der Waals surface area contributed by atoms with Gasteiger partial charge in [0.25, 0.3) is 0 Å². The highest BCUT2D eigenvalue weighted by Crippen LogP contribution is 2.26. The number of nitrogens with two attached hydrogens (primary N) is 1. The van der Waals surface area contributed by atoms with Gasteiger partial charge in [0, 0.05) is 41.7 Å². The van der Waals surface area contributed by atoms with E-state index in [1.54, 1.807) is 6.20 Å². The minimum absolute atomic E-state index is 0.0673. The van der Waals surface area contributed by atoms with Crippen LogP contribution in [0.4, 0.5) is 11.5 Å². The molecule has 0 saturated carbocycles. The van der Waals surface area contributed by atoms with Crippen LogP contribution >= 0.6 is 27.7 Å². The van der Waals surface area contributed by atoms with E-state index in [9.17, 15) is 9.59 Å². The third-order valence-electron chi connectivity index (χ3n) is 4.31. The summed E-state index contributed by atoms with van der Waals surface area (Å²) in [7, 11) is 0. The Morgan fingerprint density at radius 3 is 2.57 bits per heavy atom. The first kappa shape index (κ1) is 20.6. The topological polar surface area (TPSA) is 91.6 Å². The molecule has 1 aromatic carbocycles. The smallest absolute Gasteiger partial charge is 0.238 e. The van der Waals surface area contributed by atoms with Gasteiger partial charge in [-0.15, -0.1) is 11.8 Å². The molecule has 3 N–H and O–H groups in total. The third kappa shape index (κ3) is 5.95. The number of pyridine rings is 1. The van der Waals surface area contributed by atoms with E-state index in [1.807, 2.05) is 36.4 Å². The predicted molar refractivity (Wildman–Crippen MR) is 116 cm³/mol. The molecule has 0 aliphatic carbocycles. The average Bonchev–Trinajstić information content (AvgIpc) is 2.68. The van der Waals surface area contributed by atoms with Crippen molar-refractivity contribution < 1.29 is 9.59 Å². The third-order valence-corrected chi connectivity index (χ3v) is 5.87. The number of hydrogen-bond donors (Lipinski definition) is 2. The fraction of sp³-hybridized carbons (Fsp3) is 0.316. The highest BCUT2D eigenvalue weighted by atomic mass is 79.9. The molecule has 1 aromatic heterocycles. The first-order chi connectivity index (χ1) is 13.5. The van der Waals surface area contributed by atoms with Gasteiger partial charge < -0.3 is 16.0 Å². The average molecular weight is 464 g/mol. The van der Waals surface area contributed by atoms with Crippen LogP contribution in [-0.2, 0) is 9.59 Å². The highest BCUT2D eigenvalue weighted by Gasteiger charge is 2.20. The second-order valence-corrected chi connectivity index (χ2v) is 8.33. The van der Waals surface area contributed by atoms with Crippen molar-refractivity contribution in [3.63, 3.8) is 0 Å². The largest absolute Gasteiger partial charge is 0.369 e. The molecule has 0 radical (unpaired) electrons. The van der Waals surface area contributed by atoms with E-state index in [0.29, 0.717) is 12.2 Å². The van der Waals surface area contributed by atoms with Crippen molar-refractivity contribution in [3.8, 4) is 0 Å². The molecule has 0 atom stereocenters. The van der Waals surface area contributed by atoms with Crippen molar-refractivity contribution in [2.24, 2.45) is 5.73 Å². The molecular formula is C19H22BrN5O2S. The van der Waals surface area contributed by atoms with Crippen molar-refractivity contribution >= 4 is 51.0 Å². The lowest BCUT2D eigenvalue weighted by atomic mass is 10.3. The van der Waals surface area contributed by atoms with E-state index < -0.39 is 0 Å². The van der Waals surface area contributed by atoms with Crippen LogP contribution in [0.15, 0.2) is 52.0 Å². The molecule has 7 nitrogen and oxygen atoms in total. The van der Waals surface area contributed by atoms with Gasteiger partial charge in [0.15, 0.2) is 0 Å². The molecule has 2 heterocycles. The minimum atomic E-state index is -0.385. The van der Waals surface area contributed by atoms with Crippen molar-refractivity contribution in [3.05, 3.63) is 47.1 Å². The molecule has 148 valence electrons. The molecule has 3 rings (SSSR count). The maximum absolute atomic E-state index is 12.5. The molecule has 1 saturated heterocycles. The molecule has 9 heteroatoms. The van der Waals surface area contributed by atoms with Gasteiger partial charge in [-0.05, 0) is 40.2 Å². The van der Waals surface area contributed by atoms with Gasteiger partial charge in [0.2, 0.25) is 11.8 Å². The Hall–Kier alpha value is -2.10. The van der Waals surface area contributed by atoms with Gasteiger partial charge in [-0.25, -0.2) is 4.98 Å². The number of thioether (sulfide) groups is 1. The Labute approximate surface area is 176 Å². The Bertz CT molecular complexity index is 825. The number of carbonyl (C=O) groups is 2. The SMILES string of the molecule is NC(=O)CSc1ccccc1NC(=O)CN1CCN(c2ccc(Br)cn2)CC1. The summed E-state index contributed by atoms with van der Waals surface area (Å²) in [6.45, 7) is 3.57. The summed E-state index contributed by atoms with van der Waals surface area (Å²) in [5, 5.41) is 2.95. The maximum atomic E-state index is 12.5. The van der Waals surface area contributed by atoms with Gasteiger partial charge in [-0.3, -0.25) is 14.5 Å². The Balaban J connectivity index is 1.50. The Morgan fingerprint density at radius 2 is 1.89 bits per heavy atom. The van der Waals surface area contributed by atoms with Crippen LogP contribution in [0, 0.1) is 0 Å². The number of halogens is 1. The number of aromatic nitrogens is 1. The van der Waals surface area contributed by atoms with Gasteiger partial charge in [-0.2, -0.15) is 0 Å². The zero-order chi connectivity index (χ0) is 19.9. The number of amides is 2. The number of benzene rings is 1. The van der Waals surface area contributed by atoms with E-state index >= 15 is 0 Å². The van der Waals surface area contributed by atoms with E-state index in [0.717, 1.165) is 41.4 Å². The summed E-state index contributed by atoms with van der Waals surface area (Å²) >= 11 is 4.72. The molecular weight excluding hydrogens is 442 g/mol. The van der Waals surface area contributed by atoms with Crippen LogP contribution in [0.2, 0.25) is 0 Å². The molecule has 0 unspecified atom stereocenters. The number of piperazine rings is 1. The van der Waals surface area contributed by atoms with Crippen LogP contribution in [0.25, 0.3) is 0 Å². The molecule has 1 aliphatic heterocycles. The number of nitrogens with zero attached hydrogens (tertiary/aromatic N) is 3. The summed E-state index contributed by atoms with van der Waals surface area (Å²) in [6, 6.07) is 11.4. The predicted octanol–water partition coefficient (Wildman–Crippen LogP) is 2.18. The lowest BCUT2D eigenvalue weighted by molar-refractivity contribution is -0.117. The fourth-order valence-corrected chi connectivity index (χ4v) is 3.91. The number of primary amides is 1. The van der Waals surface area contributed by atoms with E-state index in [-0.39, 0.29) is 17.6 Å². The number of nitrogens with one attached hydrogen (secondary N) is 1. The summed E-state index contributed by atoms with van der Waals surface area (Å²) in [5.41, 5.74) is 5.92. The second kappa shape index (κ2) is 9.90. The molecule has 2 amide bonds. The first-order valence-corrected chi connectivity index (χ1v) is 10.7. The lowest BCUT2D eigenvalue weighted by Crippen LogP contribution is -2.48. The molecule has 0 bridgehead atoms. The number of anilines is 2. The highest BCUT2D eigenvalue weighted by molar-refractivity contribution is 9.10. The second-order valence-electron chi connectivity index (χ2n) is 6.40. The van der Waals surface area contributed by atoms with Crippen LogP contribution < -0.4 is 16.0 Å². The normalized spacial score (nSPS) is 14.7. The molecule has 0 spiro atoms.